The van der Waals surface area contributed by atoms with E-state index >= 15 is 0 Å². The summed E-state index contributed by atoms with van der Waals surface area (Å²) in [6.07, 6.45) is 8.70. The minimum absolute atomic E-state index is 1.33. The fourth-order valence-electron chi connectivity index (χ4n) is 3.21. The Hall–Kier alpha value is -2.08. The summed E-state index contributed by atoms with van der Waals surface area (Å²) in [5.74, 6) is 0. The van der Waals surface area contributed by atoms with Crippen molar-refractivity contribution in [3.8, 4) is 0 Å². The highest BCUT2D eigenvalue weighted by Crippen LogP contribution is 2.19. The zero-order valence-corrected chi connectivity index (χ0v) is 14.6. The minimum atomic E-state index is 1.33. The maximum atomic E-state index is 2.24. The quantitative estimate of drug-likeness (QED) is 0.585. The average molecular weight is 290 g/mol. The molecule has 0 saturated carbocycles. The monoisotopic (exact) mass is 290 g/mol. The van der Waals surface area contributed by atoms with Crippen LogP contribution in [0.1, 0.15) is 44.5 Å². The highest BCUT2D eigenvalue weighted by atomic mass is 14.1. The predicted molar refractivity (Wildman–Crippen MR) is 99.4 cm³/mol. The topological polar surface area (TPSA) is 0 Å². The molecule has 22 heavy (non-hydrogen) atoms. The van der Waals surface area contributed by atoms with Crippen LogP contribution < -0.4 is 0 Å². The van der Waals surface area contributed by atoms with E-state index < -0.39 is 0 Å². The van der Waals surface area contributed by atoms with Crippen LogP contribution in [0.2, 0.25) is 0 Å². The third-order valence-electron chi connectivity index (χ3n) is 4.11. The molecular formula is C22H26. The maximum Gasteiger partial charge on any atom is -0.0198 e. The van der Waals surface area contributed by atoms with Gasteiger partial charge in [-0.15, -0.1) is 0 Å². The first kappa shape index (κ1) is 16.3. The highest BCUT2D eigenvalue weighted by Gasteiger charge is 2.00. The van der Waals surface area contributed by atoms with Crippen molar-refractivity contribution in [1.82, 2.24) is 0 Å². The Bertz CT molecular complexity index is 631. The van der Waals surface area contributed by atoms with Crippen LogP contribution in [0.25, 0.3) is 12.2 Å². The second-order valence-corrected chi connectivity index (χ2v) is 6.34. The molecule has 0 heterocycles. The highest BCUT2D eigenvalue weighted by molar-refractivity contribution is 5.64. The van der Waals surface area contributed by atoms with Crippen molar-refractivity contribution in [1.29, 1.82) is 0 Å². The van der Waals surface area contributed by atoms with Crippen molar-refractivity contribution in [2.75, 3.05) is 0 Å². The molecule has 114 valence electrons. The van der Waals surface area contributed by atoms with E-state index in [1.807, 2.05) is 0 Å². The summed E-state index contributed by atoms with van der Waals surface area (Å²) in [6, 6.07) is 8.96. The molecule has 0 fully saturated rings. The van der Waals surface area contributed by atoms with Crippen LogP contribution in [0.5, 0.6) is 0 Å². The van der Waals surface area contributed by atoms with Gasteiger partial charge >= 0.3 is 0 Å². The van der Waals surface area contributed by atoms with Crippen LogP contribution in [0.15, 0.2) is 36.4 Å². The summed E-state index contributed by atoms with van der Waals surface area (Å²) in [5, 5.41) is 0. The lowest BCUT2D eigenvalue weighted by molar-refractivity contribution is 1.30. The lowest BCUT2D eigenvalue weighted by Crippen LogP contribution is -1.88. The van der Waals surface area contributed by atoms with Crippen LogP contribution in [0.4, 0.5) is 0 Å². The summed E-state index contributed by atoms with van der Waals surface area (Å²) in [7, 11) is 0. The van der Waals surface area contributed by atoms with Crippen molar-refractivity contribution < 1.29 is 0 Å². The molecule has 0 aliphatic carbocycles. The van der Waals surface area contributed by atoms with Crippen molar-refractivity contribution in [2.45, 2.75) is 41.5 Å². The van der Waals surface area contributed by atoms with Gasteiger partial charge in [-0.3, -0.25) is 0 Å². The number of hydrogen-bond acceptors (Lipinski definition) is 0. The van der Waals surface area contributed by atoms with E-state index in [2.05, 4.69) is 90.1 Å². The number of aryl methyl sites for hydroxylation is 6. The minimum Gasteiger partial charge on any atom is -0.0616 e. The third-order valence-corrected chi connectivity index (χ3v) is 4.11. The molecule has 0 nitrogen and oxygen atoms in total. The van der Waals surface area contributed by atoms with Crippen LogP contribution in [-0.4, -0.2) is 0 Å². The zero-order valence-electron chi connectivity index (χ0n) is 14.6. The van der Waals surface area contributed by atoms with Gasteiger partial charge in [0.2, 0.25) is 0 Å². The van der Waals surface area contributed by atoms with E-state index in [0.717, 1.165) is 0 Å². The molecule has 0 heteroatoms. The second kappa shape index (κ2) is 6.79. The molecule has 0 bridgehead atoms. The molecule has 0 radical (unpaired) electrons. The molecule has 0 aliphatic heterocycles. The van der Waals surface area contributed by atoms with Crippen molar-refractivity contribution in [2.24, 2.45) is 0 Å². The second-order valence-electron chi connectivity index (χ2n) is 6.34. The zero-order chi connectivity index (χ0) is 16.3. The normalized spacial score (nSPS) is 11.7. The first-order valence-electron chi connectivity index (χ1n) is 7.89. The molecule has 0 aliphatic rings. The molecule has 2 rings (SSSR count). The fraction of sp³-hybridized carbons (Fsp3) is 0.273. The Morgan fingerprint density at radius 1 is 0.500 bits per heavy atom. The van der Waals surface area contributed by atoms with Gasteiger partial charge in [-0.05, 0) is 74.9 Å². The van der Waals surface area contributed by atoms with Gasteiger partial charge in [0.05, 0.1) is 0 Å². The van der Waals surface area contributed by atoms with E-state index in [4.69, 9.17) is 0 Å². The first-order valence-corrected chi connectivity index (χ1v) is 7.89. The average Bonchev–Trinajstić information content (AvgIpc) is 2.38. The molecule has 0 saturated heterocycles. The molecule has 0 unspecified atom stereocenters. The lowest BCUT2D eigenvalue weighted by Gasteiger charge is -2.07. The summed E-state index contributed by atoms with van der Waals surface area (Å²) in [4.78, 5) is 0. The Morgan fingerprint density at radius 3 is 1.05 bits per heavy atom. The van der Waals surface area contributed by atoms with Gasteiger partial charge < -0.3 is 0 Å². The van der Waals surface area contributed by atoms with Crippen molar-refractivity contribution in [3.05, 3.63) is 80.9 Å². The maximum absolute atomic E-state index is 2.24. The van der Waals surface area contributed by atoms with Crippen molar-refractivity contribution in [3.63, 3.8) is 0 Å². The smallest absolute Gasteiger partial charge is 0.0198 e. The summed E-state index contributed by atoms with van der Waals surface area (Å²) in [6.45, 7) is 13.0. The largest absolute Gasteiger partial charge is 0.0616 e. The Balaban J connectivity index is 2.24. The number of benzene rings is 2. The summed E-state index contributed by atoms with van der Waals surface area (Å²) < 4.78 is 0. The Kier molecular flexibility index (Phi) is 5.03. The van der Waals surface area contributed by atoms with Crippen LogP contribution >= 0.6 is 0 Å². The van der Waals surface area contributed by atoms with Crippen LogP contribution in [0, 0.1) is 41.5 Å². The van der Waals surface area contributed by atoms with Crippen molar-refractivity contribution >= 4 is 12.2 Å². The Labute approximate surface area is 135 Å². The summed E-state index contributed by atoms with van der Waals surface area (Å²) in [5.41, 5.74) is 10.7. The molecule has 2 aromatic carbocycles. The molecule has 0 aromatic heterocycles. The van der Waals surface area contributed by atoms with Crippen LogP contribution in [0.3, 0.4) is 0 Å². The molecule has 0 atom stereocenters. The van der Waals surface area contributed by atoms with Crippen LogP contribution in [-0.2, 0) is 0 Å². The third kappa shape index (κ3) is 3.76. The SMILES string of the molecule is Cc1cc(C)c(C=CC=Cc2c(C)cc(C)cc2C)c(C)c1. The summed E-state index contributed by atoms with van der Waals surface area (Å²) >= 11 is 0. The van der Waals surface area contributed by atoms with E-state index in [0.29, 0.717) is 0 Å². The number of hydrogen-bond donors (Lipinski definition) is 0. The predicted octanol–water partition coefficient (Wildman–Crippen LogP) is 6.26. The van der Waals surface area contributed by atoms with Gasteiger partial charge in [-0.2, -0.15) is 0 Å². The Morgan fingerprint density at radius 2 is 0.773 bits per heavy atom. The first-order chi connectivity index (χ1) is 10.4. The molecule has 0 N–H and O–H groups in total. The molecular weight excluding hydrogens is 264 g/mol. The van der Waals surface area contributed by atoms with Gasteiger partial charge in [0, 0.05) is 0 Å². The molecule has 0 amide bonds. The number of allylic oxidation sites excluding steroid dienone is 2. The van der Waals surface area contributed by atoms with E-state index in [9.17, 15) is 0 Å². The van der Waals surface area contributed by atoms with Gasteiger partial charge in [-0.1, -0.05) is 59.7 Å². The van der Waals surface area contributed by atoms with Gasteiger partial charge in [-0.25, -0.2) is 0 Å². The van der Waals surface area contributed by atoms with Gasteiger partial charge in [0.15, 0.2) is 0 Å². The lowest BCUT2D eigenvalue weighted by atomic mass is 9.98. The van der Waals surface area contributed by atoms with Gasteiger partial charge in [0.1, 0.15) is 0 Å². The van der Waals surface area contributed by atoms with E-state index in [1.54, 1.807) is 0 Å². The standard InChI is InChI=1S/C22H26/c1-15-11-17(3)21(18(4)12-15)9-7-8-10-22-19(5)13-16(2)14-20(22)6/h7-14H,1-6H3. The fourth-order valence-corrected chi connectivity index (χ4v) is 3.21. The van der Waals surface area contributed by atoms with Gasteiger partial charge in [0.25, 0.3) is 0 Å². The van der Waals surface area contributed by atoms with E-state index in [-0.39, 0.29) is 0 Å². The van der Waals surface area contributed by atoms with E-state index in [1.165, 1.54) is 44.5 Å². The number of rotatable bonds is 3. The molecule has 2 aromatic rings. The molecule has 0 spiro atoms.